The molecule has 6 heteroatoms. The summed E-state index contributed by atoms with van der Waals surface area (Å²) in [5, 5.41) is 9.45. The van der Waals surface area contributed by atoms with E-state index in [-0.39, 0.29) is 17.2 Å². The van der Waals surface area contributed by atoms with Gasteiger partial charge in [0.15, 0.2) is 5.76 Å². The maximum absolute atomic E-state index is 12.0. The molecule has 0 fully saturated rings. The van der Waals surface area contributed by atoms with E-state index in [9.17, 15) is 9.59 Å². The van der Waals surface area contributed by atoms with Gasteiger partial charge in [0.2, 0.25) is 5.78 Å². The minimum Gasteiger partial charge on any atom is -0.481 e. The number of ether oxygens (including phenoxy) is 1. The van der Waals surface area contributed by atoms with E-state index in [0.29, 0.717) is 17.2 Å². The molecule has 1 aromatic rings. The number of aliphatic carboxylic acids is 1. The number of carbonyl (C=O) groups is 2. The molecular formula is C15H16Cl2O4. The number of hydrogen-bond acceptors (Lipinski definition) is 3. The highest BCUT2D eigenvalue weighted by atomic mass is 35.5. The first-order valence-electron chi connectivity index (χ1n) is 6.36. The zero-order chi connectivity index (χ0) is 16.2. The third kappa shape index (κ3) is 4.76. The second kappa shape index (κ2) is 7.48. The summed E-state index contributed by atoms with van der Waals surface area (Å²) in [6, 6.07) is 3.21. The Labute approximate surface area is 133 Å². The van der Waals surface area contributed by atoms with Crippen LogP contribution in [0.3, 0.4) is 0 Å². The molecule has 0 aliphatic rings. The number of hydrogen-bond donors (Lipinski definition) is 1. The molecule has 0 saturated carbocycles. The van der Waals surface area contributed by atoms with Crippen LogP contribution >= 0.6 is 23.2 Å². The maximum atomic E-state index is 12.0. The first-order valence-corrected chi connectivity index (χ1v) is 7.12. The van der Waals surface area contributed by atoms with E-state index < -0.39 is 17.7 Å². The summed E-state index contributed by atoms with van der Waals surface area (Å²) in [6.45, 7) is 6.97. The number of halogens is 2. The molecule has 0 unspecified atom stereocenters. The molecule has 0 bridgehead atoms. The van der Waals surface area contributed by atoms with Gasteiger partial charge in [-0.2, -0.15) is 0 Å². The van der Waals surface area contributed by atoms with Crippen molar-refractivity contribution in [1.82, 2.24) is 0 Å². The van der Waals surface area contributed by atoms with Crippen molar-refractivity contribution < 1.29 is 19.4 Å². The van der Waals surface area contributed by atoms with E-state index in [4.69, 9.17) is 33.0 Å². The van der Waals surface area contributed by atoms with E-state index in [1.807, 2.05) is 6.92 Å². The first-order chi connectivity index (χ1) is 9.76. The molecule has 0 aliphatic carbocycles. The van der Waals surface area contributed by atoms with Crippen LogP contribution in [0.25, 0.3) is 0 Å². The van der Waals surface area contributed by atoms with Crippen molar-refractivity contribution in [2.45, 2.75) is 26.7 Å². The van der Waals surface area contributed by atoms with Crippen LogP contribution in [-0.2, 0) is 16.0 Å². The van der Waals surface area contributed by atoms with Gasteiger partial charge in [-0.3, -0.25) is 9.59 Å². The van der Waals surface area contributed by atoms with Gasteiger partial charge in [0.05, 0.1) is 11.4 Å². The molecular weight excluding hydrogens is 315 g/mol. The van der Waals surface area contributed by atoms with Crippen molar-refractivity contribution in [3.63, 3.8) is 0 Å². The zero-order valence-corrected chi connectivity index (χ0v) is 13.3. The Morgan fingerprint density at radius 3 is 2.52 bits per heavy atom. The molecule has 0 amide bonds. The second-order valence-corrected chi connectivity index (χ2v) is 5.46. The summed E-state index contributed by atoms with van der Waals surface area (Å²) in [7, 11) is 0. The lowest BCUT2D eigenvalue weighted by atomic mass is 10.0. The lowest BCUT2D eigenvalue weighted by Gasteiger charge is -2.15. The van der Waals surface area contributed by atoms with E-state index in [1.54, 1.807) is 6.07 Å². The van der Waals surface area contributed by atoms with Crippen LogP contribution in [0.5, 0.6) is 5.75 Å². The van der Waals surface area contributed by atoms with Crippen LogP contribution in [-0.4, -0.2) is 16.9 Å². The summed E-state index contributed by atoms with van der Waals surface area (Å²) in [4.78, 5) is 22.6. The highest BCUT2D eigenvalue weighted by molar-refractivity contribution is 6.35. The predicted molar refractivity (Wildman–Crippen MR) is 82.0 cm³/mol. The highest BCUT2D eigenvalue weighted by Gasteiger charge is 2.22. The van der Waals surface area contributed by atoms with Crippen molar-refractivity contribution in [3.8, 4) is 5.75 Å². The number of benzene rings is 1. The van der Waals surface area contributed by atoms with E-state index in [0.717, 1.165) is 5.56 Å². The number of carbonyl (C=O) groups excluding carboxylic acids is 1. The predicted octanol–water partition coefficient (Wildman–Crippen LogP) is 4.13. The number of Topliss-reactive ketones (excluding diaryl/α,β-unsaturated/α-hetero) is 1. The average molecular weight is 331 g/mol. The Morgan fingerprint density at radius 1 is 1.38 bits per heavy atom. The third-order valence-electron chi connectivity index (χ3n) is 2.89. The fraction of sp³-hybridized carbons (Fsp3) is 0.333. The maximum Gasteiger partial charge on any atom is 0.304 e. The summed E-state index contributed by atoms with van der Waals surface area (Å²) in [5.74, 6) is -2.05. The fourth-order valence-electron chi connectivity index (χ4n) is 1.79. The second-order valence-electron chi connectivity index (χ2n) is 4.62. The van der Waals surface area contributed by atoms with Crippen LogP contribution in [0.2, 0.25) is 10.0 Å². The number of carboxylic acids is 1. The van der Waals surface area contributed by atoms with Crippen molar-refractivity contribution in [2.24, 2.45) is 5.92 Å². The Hall–Kier alpha value is -1.52. The van der Waals surface area contributed by atoms with E-state index in [2.05, 4.69) is 6.58 Å². The lowest BCUT2D eigenvalue weighted by Crippen LogP contribution is -2.19. The lowest BCUT2D eigenvalue weighted by molar-refractivity contribution is -0.140. The van der Waals surface area contributed by atoms with Gasteiger partial charge in [-0.05, 0) is 24.1 Å². The van der Waals surface area contributed by atoms with Gasteiger partial charge in [0.1, 0.15) is 5.75 Å². The number of rotatable bonds is 7. The normalized spacial score (nSPS) is 11.8. The van der Waals surface area contributed by atoms with Crippen LogP contribution < -0.4 is 4.74 Å². The van der Waals surface area contributed by atoms with Crippen molar-refractivity contribution in [2.75, 3.05) is 0 Å². The SMILES string of the molecule is C=C(Oc1c(Cl)cc(Cl)cc1CC)C(=O)[C@@H](C)CC(=O)O. The minimum absolute atomic E-state index is 0.136. The molecule has 1 N–H and O–H groups in total. The monoisotopic (exact) mass is 330 g/mol. The number of carboxylic acid groups (broad SMARTS) is 1. The molecule has 1 aromatic carbocycles. The smallest absolute Gasteiger partial charge is 0.304 e. The topological polar surface area (TPSA) is 63.6 Å². The molecule has 4 nitrogen and oxygen atoms in total. The van der Waals surface area contributed by atoms with Gasteiger partial charge < -0.3 is 9.84 Å². The molecule has 0 saturated heterocycles. The van der Waals surface area contributed by atoms with Crippen LogP contribution in [0, 0.1) is 5.92 Å². The molecule has 0 radical (unpaired) electrons. The van der Waals surface area contributed by atoms with Crippen molar-refractivity contribution >= 4 is 35.0 Å². The molecule has 1 atom stereocenters. The van der Waals surface area contributed by atoms with Gasteiger partial charge in [0.25, 0.3) is 0 Å². The largest absolute Gasteiger partial charge is 0.481 e. The molecule has 0 heterocycles. The van der Waals surface area contributed by atoms with Gasteiger partial charge >= 0.3 is 5.97 Å². The third-order valence-corrected chi connectivity index (χ3v) is 3.39. The van der Waals surface area contributed by atoms with Crippen LogP contribution in [0.4, 0.5) is 0 Å². The first kappa shape index (κ1) is 17.5. The zero-order valence-electron chi connectivity index (χ0n) is 11.8. The fourth-order valence-corrected chi connectivity index (χ4v) is 2.37. The van der Waals surface area contributed by atoms with Crippen LogP contribution in [0.1, 0.15) is 25.8 Å². The number of aryl methyl sites for hydroxylation is 1. The van der Waals surface area contributed by atoms with Gasteiger partial charge in [0, 0.05) is 10.9 Å². The molecule has 0 aliphatic heterocycles. The summed E-state index contributed by atoms with van der Waals surface area (Å²) < 4.78 is 5.46. The Kier molecular flexibility index (Phi) is 6.24. The summed E-state index contributed by atoms with van der Waals surface area (Å²) >= 11 is 12.0. The molecule has 1 rings (SSSR count). The number of ketones is 1. The highest BCUT2D eigenvalue weighted by Crippen LogP contribution is 2.34. The quantitative estimate of drug-likeness (QED) is 0.603. The van der Waals surface area contributed by atoms with E-state index >= 15 is 0 Å². The van der Waals surface area contributed by atoms with Gasteiger partial charge in [-0.1, -0.05) is 43.6 Å². The summed E-state index contributed by atoms with van der Waals surface area (Å²) in [6.07, 6.45) is 0.331. The Morgan fingerprint density at radius 2 is 2.00 bits per heavy atom. The number of allylic oxidation sites excluding steroid dienone is 1. The standard InChI is InChI=1S/C15H16Cl2O4/c1-4-10-6-11(16)7-12(17)15(10)21-9(3)14(20)8(2)5-13(18)19/h6-8H,3-5H2,1-2H3,(H,18,19)/t8-/m0/s1. The Balaban J connectivity index is 2.93. The minimum atomic E-state index is -1.05. The molecule has 0 aromatic heterocycles. The molecule has 21 heavy (non-hydrogen) atoms. The average Bonchev–Trinajstić information content (AvgIpc) is 2.39. The van der Waals surface area contributed by atoms with Crippen molar-refractivity contribution in [3.05, 3.63) is 40.1 Å². The summed E-state index contributed by atoms with van der Waals surface area (Å²) in [5.41, 5.74) is 0.743. The molecule has 114 valence electrons. The Bertz CT molecular complexity index is 581. The van der Waals surface area contributed by atoms with Crippen LogP contribution in [0.15, 0.2) is 24.5 Å². The van der Waals surface area contributed by atoms with Gasteiger partial charge in [-0.25, -0.2) is 0 Å². The van der Waals surface area contributed by atoms with Gasteiger partial charge in [-0.15, -0.1) is 0 Å². The molecule has 0 spiro atoms. The van der Waals surface area contributed by atoms with E-state index in [1.165, 1.54) is 13.0 Å². The van der Waals surface area contributed by atoms with Crippen molar-refractivity contribution in [1.29, 1.82) is 0 Å².